The first kappa shape index (κ1) is 13.5. The summed E-state index contributed by atoms with van der Waals surface area (Å²) >= 11 is 0. The Morgan fingerprint density at radius 2 is 2.00 bits per heavy atom. The molecule has 1 heterocycles. The zero-order chi connectivity index (χ0) is 13.4. The molecule has 0 spiro atoms. The highest BCUT2D eigenvalue weighted by atomic mass is 32.2. The van der Waals surface area contributed by atoms with E-state index in [-0.39, 0.29) is 6.54 Å². The third-order valence-corrected chi connectivity index (χ3v) is 5.36. The van der Waals surface area contributed by atoms with Crippen molar-refractivity contribution >= 4 is 10.0 Å². The zero-order valence-corrected chi connectivity index (χ0v) is 11.6. The van der Waals surface area contributed by atoms with E-state index < -0.39 is 15.6 Å². The van der Waals surface area contributed by atoms with E-state index in [0.29, 0.717) is 24.3 Å². The Balaban J connectivity index is 2.35. The molecule has 5 heteroatoms. The van der Waals surface area contributed by atoms with Crippen molar-refractivity contribution < 1.29 is 13.5 Å². The monoisotopic (exact) mass is 269 g/mol. The van der Waals surface area contributed by atoms with Gasteiger partial charge in [-0.15, -0.1) is 0 Å². The fourth-order valence-corrected chi connectivity index (χ4v) is 4.19. The minimum atomic E-state index is -3.49. The van der Waals surface area contributed by atoms with Crippen LogP contribution in [0.3, 0.4) is 0 Å². The van der Waals surface area contributed by atoms with E-state index in [2.05, 4.69) is 0 Å². The average Bonchev–Trinajstić information content (AvgIpc) is 2.28. The highest BCUT2D eigenvalue weighted by Crippen LogP contribution is 2.27. The number of β-amino-alcohol motifs (C(OH)–C–C–N with tert-alkyl or cyclic N) is 1. The summed E-state index contributed by atoms with van der Waals surface area (Å²) in [6.07, 6.45) is 1.34. The lowest BCUT2D eigenvalue weighted by atomic mass is 9.97. The molecule has 0 aromatic heterocycles. The quantitative estimate of drug-likeness (QED) is 0.886. The predicted octanol–water partition coefficient (Wildman–Crippen LogP) is 1.53. The molecule has 1 aromatic rings. The lowest BCUT2D eigenvalue weighted by molar-refractivity contribution is 0.00939. The Bertz CT molecular complexity index is 537. The smallest absolute Gasteiger partial charge is 0.243 e. The molecule has 100 valence electrons. The maximum absolute atomic E-state index is 12.5. The Hall–Kier alpha value is -0.910. The van der Waals surface area contributed by atoms with E-state index in [1.807, 2.05) is 6.07 Å². The molecule has 1 saturated heterocycles. The molecule has 0 unspecified atom stereocenters. The van der Waals surface area contributed by atoms with Gasteiger partial charge in [-0.2, -0.15) is 4.31 Å². The molecule has 0 bridgehead atoms. The van der Waals surface area contributed by atoms with Crippen molar-refractivity contribution in [3.63, 3.8) is 0 Å². The van der Waals surface area contributed by atoms with Gasteiger partial charge < -0.3 is 5.11 Å². The van der Waals surface area contributed by atoms with Gasteiger partial charge in [0.15, 0.2) is 0 Å². The minimum Gasteiger partial charge on any atom is -0.389 e. The van der Waals surface area contributed by atoms with Crippen LogP contribution in [0.5, 0.6) is 0 Å². The van der Waals surface area contributed by atoms with Gasteiger partial charge in [0, 0.05) is 13.1 Å². The predicted molar refractivity (Wildman–Crippen MR) is 69.8 cm³/mol. The largest absolute Gasteiger partial charge is 0.389 e. The molecule has 4 nitrogen and oxygen atoms in total. The van der Waals surface area contributed by atoms with Crippen LogP contribution in [0.15, 0.2) is 29.2 Å². The molecular formula is C13H19NO3S. The maximum atomic E-state index is 12.5. The Labute approximate surface area is 108 Å². The highest BCUT2D eigenvalue weighted by Gasteiger charge is 2.35. The summed E-state index contributed by atoms with van der Waals surface area (Å²) in [4.78, 5) is 0.336. The van der Waals surface area contributed by atoms with Gasteiger partial charge in [0.2, 0.25) is 10.0 Å². The number of hydrogen-bond donors (Lipinski definition) is 1. The second-order valence-corrected chi connectivity index (χ2v) is 7.11. The van der Waals surface area contributed by atoms with Crippen LogP contribution < -0.4 is 0 Å². The first-order chi connectivity index (χ1) is 8.33. The number of hydrogen-bond acceptors (Lipinski definition) is 3. The van der Waals surface area contributed by atoms with Gasteiger partial charge in [0.25, 0.3) is 0 Å². The zero-order valence-electron chi connectivity index (χ0n) is 10.8. The van der Waals surface area contributed by atoms with E-state index in [1.54, 1.807) is 32.0 Å². The van der Waals surface area contributed by atoms with Crippen LogP contribution >= 0.6 is 0 Å². The number of aryl methyl sites for hydroxylation is 1. The van der Waals surface area contributed by atoms with Gasteiger partial charge in [-0.3, -0.25) is 0 Å². The summed E-state index contributed by atoms with van der Waals surface area (Å²) in [6.45, 7) is 4.12. The van der Waals surface area contributed by atoms with Crippen LogP contribution in [0.1, 0.15) is 25.3 Å². The molecule has 1 N–H and O–H groups in total. The van der Waals surface area contributed by atoms with Gasteiger partial charge in [-0.1, -0.05) is 18.2 Å². The molecule has 0 amide bonds. The van der Waals surface area contributed by atoms with E-state index in [0.717, 1.165) is 5.56 Å². The third kappa shape index (κ3) is 2.58. The fourth-order valence-electron chi connectivity index (χ4n) is 2.36. The molecule has 1 aliphatic heterocycles. The van der Waals surface area contributed by atoms with E-state index in [9.17, 15) is 13.5 Å². The molecule has 2 rings (SSSR count). The van der Waals surface area contributed by atoms with Crippen molar-refractivity contribution in [3.05, 3.63) is 29.8 Å². The van der Waals surface area contributed by atoms with Gasteiger partial charge >= 0.3 is 0 Å². The molecule has 1 atom stereocenters. The molecular weight excluding hydrogens is 250 g/mol. The lowest BCUT2D eigenvalue weighted by Crippen LogP contribution is -2.48. The molecule has 18 heavy (non-hydrogen) atoms. The van der Waals surface area contributed by atoms with Crippen LogP contribution in [0.2, 0.25) is 0 Å². The summed E-state index contributed by atoms with van der Waals surface area (Å²) < 4.78 is 26.4. The second kappa shape index (κ2) is 4.64. The van der Waals surface area contributed by atoms with Gasteiger partial charge in [-0.25, -0.2) is 8.42 Å². The van der Waals surface area contributed by atoms with Gasteiger partial charge in [-0.05, 0) is 38.3 Å². The lowest BCUT2D eigenvalue weighted by Gasteiger charge is -2.36. The van der Waals surface area contributed by atoms with Gasteiger partial charge in [0.1, 0.15) is 0 Å². The number of piperidine rings is 1. The highest BCUT2D eigenvalue weighted by molar-refractivity contribution is 7.89. The summed E-state index contributed by atoms with van der Waals surface area (Å²) in [5.41, 5.74) is -0.184. The van der Waals surface area contributed by atoms with Crippen LogP contribution in [-0.4, -0.2) is 36.5 Å². The summed E-state index contributed by atoms with van der Waals surface area (Å²) in [7, 11) is -3.49. The number of nitrogens with zero attached hydrogens (tertiary/aromatic N) is 1. The number of rotatable bonds is 2. The van der Waals surface area contributed by atoms with E-state index in [4.69, 9.17) is 0 Å². The minimum absolute atomic E-state index is 0.170. The number of aliphatic hydroxyl groups is 1. The van der Waals surface area contributed by atoms with E-state index >= 15 is 0 Å². The van der Waals surface area contributed by atoms with Crippen molar-refractivity contribution in [2.24, 2.45) is 0 Å². The molecule has 1 fully saturated rings. The number of benzene rings is 1. The summed E-state index contributed by atoms with van der Waals surface area (Å²) in [5.74, 6) is 0. The SMILES string of the molecule is Cc1ccccc1S(=O)(=O)N1CCC[C@](C)(O)C1. The molecule has 1 aliphatic rings. The van der Waals surface area contributed by atoms with Gasteiger partial charge in [0.05, 0.1) is 10.5 Å². The van der Waals surface area contributed by atoms with Crippen molar-refractivity contribution in [2.45, 2.75) is 37.2 Å². The second-order valence-electron chi connectivity index (χ2n) is 5.20. The van der Waals surface area contributed by atoms with Crippen LogP contribution in [0.25, 0.3) is 0 Å². The summed E-state index contributed by atoms with van der Waals surface area (Å²) in [5, 5.41) is 10.0. The first-order valence-corrected chi connectivity index (χ1v) is 7.55. The molecule has 0 radical (unpaired) electrons. The fraction of sp³-hybridized carbons (Fsp3) is 0.538. The number of sulfonamides is 1. The molecule has 1 aromatic carbocycles. The van der Waals surface area contributed by atoms with Crippen molar-refractivity contribution in [3.8, 4) is 0 Å². The average molecular weight is 269 g/mol. The molecule has 0 aliphatic carbocycles. The molecule has 0 saturated carbocycles. The van der Waals surface area contributed by atoms with Crippen molar-refractivity contribution in [2.75, 3.05) is 13.1 Å². The van der Waals surface area contributed by atoms with Crippen LogP contribution in [0, 0.1) is 6.92 Å². The maximum Gasteiger partial charge on any atom is 0.243 e. The van der Waals surface area contributed by atoms with Crippen molar-refractivity contribution in [1.29, 1.82) is 0 Å². The van der Waals surface area contributed by atoms with Crippen LogP contribution in [0.4, 0.5) is 0 Å². The Morgan fingerprint density at radius 1 is 1.33 bits per heavy atom. The van der Waals surface area contributed by atoms with E-state index in [1.165, 1.54) is 4.31 Å². The van der Waals surface area contributed by atoms with Crippen molar-refractivity contribution in [1.82, 2.24) is 4.31 Å². The first-order valence-electron chi connectivity index (χ1n) is 6.11. The van der Waals surface area contributed by atoms with Crippen LogP contribution in [-0.2, 0) is 10.0 Å². The Morgan fingerprint density at radius 3 is 2.61 bits per heavy atom. The normalized spacial score (nSPS) is 26.2. The summed E-state index contributed by atoms with van der Waals surface area (Å²) in [6, 6.07) is 6.95. The standard InChI is InChI=1S/C13H19NO3S/c1-11-6-3-4-7-12(11)18(16,17)14-9-5-8-13(2,15)10-14/h3-4,6-7,15H,5,8-10H2,1-2H3/t13-/m0/s1. The Kier molecular flexibility index (Phi) is 3.49. The third-order valence-electron chi connectivity index (χ3n) is 3.35. The topological polar surface area (TPSA) is 57.6 Å².